The van der Waals surface area contributed by atoms with E-state index >= 15 is 4.39 Å². The van der Waals surface area contributed by atoms with Crippen molar-refractivity contribution in [1.82, 2.24) is 29.0 Å². The summed E-state index contributed by atoms with van der Waals surface area (Å²) in [6, 6.07) is 16.6. The number of anilines is 1. The van der Waals surface area contributed by atoms with E-state index in [0.29, 0.717) is 54.5 Å². The number of hydrogen-bond acceptors (Lipinski definition) is 7. The number of aryl methyl sites for hydroxylation is 1. The van der Waals surface area contributed by atoms with Crippen LogP contribution in [0.25, 0.3) is 16.6 Å². The molecule has 5 heterocycles. The molecule has 45 heavy (non-hydrogen) atoms. The van der Waals surface area contributed by atoms with Gasteiger partial charge in [0, 0.05) is 30.6 Å². The first-order valence-corrected chi connectivity index (χ1v) is 15.1. The van der Waals surface area contributed by atoms with Gasteiger partial charge in [0.05, 0.1) is 41.9 Å². The van der Waals surface area contributed by atoms with Crippen LogP contribution in [-0.4, -0.2) is 72.0 Å². The van der Waals surface area contributed by atoms with Gasteiger partial charge in [-0.15, -0.1) is 0 Å². The zero-order valence-corrected chi connectivity index (χ0v) is 25.7. The van der Waals surface area contributed by atoms with Gasteiger partial charge in [-0.25, -0.2) is 19.2 Å². The molecule has 0 aliphatic carbocycles. The van der Waals surface area contributed by atoms with Crippen molar-refractivity contribution in [2.75, 3.05) is 18.4 Å². The van der Waals surface area contributed by atoms with Crippen LogP contribution in [0, 0.1) is 0 Å². The minimum absolute atomic E-state index is 0.103. The normalized spacial score (nSPS) is 17.0. The van der Waals surface area contributed by atoms with E-state index in [-0.39, 0.29) is 12.5 Å². The molecule has 5 aromatic rings. The van der Waals surface area contributed by atoms with E-state index in [1.165, 1.54) is 4.90 Å². The summed E-state index contributed by atoms with van der Waals surface area (Å²) < 4.78 is 30.0. The van der Waals surface area contributed by atoms with E-state index < -0.39 is 24.0 Å². The highest BCUT2D eigenvalue weighted by atomic mass is 19.1. The first-order chi connectivity index (χ1) is 21.6. The number of amides is 2. The van der Waals surface area contributed by atoms with Gasteiger partial charge in [-0.05, 0) is 57.5 Å². The Morgan fingerprint density at radius 3 is 2.69 bits per heavy atom. The van der Waals surface area contributed by atoms with Crippen LogP contribution in [-0.2, 0) is 17.7 Å². The maximum atomic E-state index is 15.1. The minimum Gasteiger partial charge on any atom is -0.471 e. The Morgan fingerprint density at radius 2 is 1.91 bits per heavy atom. The molecule has 1 fully saturated rings. The summed E-state index contributed by atoms with van der Waals surface area (Å²) in [5.41, 5.74) is 3.49. The Hall–Kier alpha value is -5.00. The summed E-state index contributed by atoms with van der Waals surface area (Å²) in [5.74, 6) is 0.0321. The number of ether oxygens (including phenoxy) is 2. The first kappa shape index (κ1) is 30.0. The number of imidazole rings is 1. The van der Waals surface area contributed by atoms with Crippen LogP contribution in [0.4, 0.5) is 14.9 Å². The molecule has 2 unspecified atom stereocenters. The van der Waals surface area contributed by atoms with E-state index in [2.05, 4.69) is 15.3 Å². The zero-order valence-electron chi connectivity index (χ0n) is 25.7. The van der Waals surface area contributed by atoms with Crippen LogP contribution in [0.2, 0.25) is 0 Å². The average Bonchev–Trinajstić information content (AvgIpc) is 3.60. The quantitative estimate of drug-likeness (QED) is 0.252. The third kappa shape index (κ3) is 6.45. The molecule has 4 aromatic heterocycles. The fourth-order valence-corrected chi connectivity index (χ4v) is 5.50. The molecule has 1 aromatic carbocycles. The largest absolute Gasteiger partial charge is 0.471 e. The summed E-state index contributed by atoms with van der Waals surface area (Å²) in [7, 11) is 0. The minimum atomic E-state index is -1.38. The topological polar surface area (TPSA) is 116 Å². The fraction of sp³-hybridized carbons (Fsp3) is 0.364. The Morgan fingerprint density at radius 1 is 1.09 bits per heavy atom. The monoisotopic (exact) mass is 613 g/mol. The molecular weight excluding hydrogens is 577 g/mol. The molecule has 234 valence electrons. The van der Waals surface area contributed by atoms with Gasteiger partial charge >= 0.3 is 6.09 Å². The molecule has 0 radical (unpaired) electrons. The second-order valence-corrected chi connectivity index (χ2v) is 12.0. The molecule has 1 aliphatic heterocycles. The number of piperidine rings is 1. The number of benzene rings is 1. The number of nitrogens with zero attached hydrogens (tertiary/aromatic N) is 6. The molecule has 0 bridgehead atoms. The summed E-state index contributed by atoms with van der Waals surface area (Å²) >= 11 is 0. The van der Waals surface area contributed by atoms with Gasteiger partial charge in [-0.1, -0.05) is 25.1 Å². The van der Waals surface area contributed by atoms with E-state index in [9.17, 15) is 9.59 Å². The number of rotatable bonds is 7. The smallest absolute Gasteiger partial charge is 0.410 e. The number of nitrogens with one attached hydrogen (secondary N) is 1. The van der Waals surface area contributed by atoms with E-state index in [0.717, 1.165) is 16.6 Å². The summed E-state index contributed by atoms with van der Waals surface area (Å²) in [6.07, 6.45) is 1.70. The van der Waals surface area contributed by atoms with Crippen molar-refractivity contribution in [1.29, 1.82) is 0 Å². The van der Waals surface area contributed by atoms with Crippen molar-refractivity contribution < 1.29 is 23.5 Å². The lowest BCUT2D eigenvalue weighted by atomic mass is 10.1. The van der Waals surface area contributed by atoms with Gasteiger partial charge in [-0.2, -0.15) is 5.10 Å². The van der Waals surface area contributed by atoms with E-state index in [1.54, 1.807) is 43.6 Å². The molecule has 1 saturated heterocycles. The SMILES string of the molecule is CCc1nn(Cc2cccc(OC3CCN(C(=O)OC(C)(C)C)CC3F)n2)c2cccc(NC(=O)c3cnc4ccccn34)c12. The highest BCUT2D eigenvalue weighted by molar-refractivity contribution is 6.08. The van der Waals surface area contributed by atoms with Crippen LogP contribution in [0.3, 0.4) is 0 Å². The highest BCUT2D eigenvalue weighted by Gasteiger charge is 2.35. The van der Waals surface area contributed by atoms with Gasteiger partial charge in [0.25, 0.3) is 5.91 Å². The molecule has 2 amide bonds. The predicted octanol–water partition coefficient (Wildman–Crippen LogP) is 5.67. The van der Waals surface area contributed by atoms with E-state index in [1.807, 2.05) is 60.1 Å². The van der Waals surface area contributed by atoms with Crippen LogP contribution >= 0.6 is 0 Å². The molecule has 2 atom stereocenters. The number of fused-ring (bicyclic) bond motifs is 2. The highest BCUT2D eigenvalue weighted by Crippen LogP contribution is 2.29. The third-order valence-corrected chi connectivity index (χ3v) is 7.58. The van der Waals surface area contributed by atoms with Crippen LogP contribution in [0.15, 0.2) is 67.0 Å². The molecule has 0 saturated carbocycles. The number of carbonyl (C=O) groups is 2. The molecule has 11 nitrogen and oxygen atoms in total. The summed E-state index contributed by atoms with van der Waals surface area (Å²) in [6.45, 7) is 7.93. The van der Waals surface area contributed by atoms with Crippen LogP contribution in [0.1, 0.15) is 56.0 Å². The van der Waals surface area contributed by atoms with Crippen molar-refractivity contribution in [2.45, 2.75) is 65.0 Å². The predicted molar refractivity (Wildman–Crippen MR) is 167 cm³/mol. The van der Waals surface area contributed by atoms with E-state index in [4.69, 9.17) is 14.6 Å². The van der Waals surface area contributed by atoms with Crippen LogP contribution < -0.4 is 10.1 Å². The summed E-state index contributed by atoms with van der Waals surface area (Å²) in [5, 5.41) is 8.76. The van der Waals surface area contributed by atoms with Gasteiger partial charge < -0.3 is 19.7 Å². The second-order valence-electron chi connectivity index (χ2n) is 12.0. The Kier molecular flexibility index (Phi) is 8.13. The fourth-order valence-electron chi connectivity index (χ4n) is 5.50. The van der Waals surface area contributed by atoms with Gasteiger partial charge in [0.15, 0.2) is 6.17 Å². The maximum Gasteiger partial charge on any atom is 0.410 e. The van der Waals surface area contributed by atoms with Crippen molar-refractivity contribution in [3.63, 3.8) is 0 Å². The molecule has 12 heteroatoms. The number of pyridine rings is 2. The maximum absolute atomic E-state index is 15.1. The van der Waals surface area contributed by atoms with Gasteiger partial charge in [0.1, 0.15) is 23.0 Å². The Balaban J connectivity index is 1.17. The lowest BCUT2D eigenvalue weighted by Crippen LogP contribution is -2.50. The van der Waals surface area contributed by atoms with Gasteiger partial charge in [-0.3, -0.25) is 13.9 Å². The first-order valence-electron chi connectivity index (χ1n) is 15.1. The van der Waals surface area contributed by atoms with Crippen molar-refractivity contribution in [3.8, 4) is 5.88 Å². The Labute approximate surface area is 260 Å². The number of aromatic nitrogens is 5. The van der Waals surface area contributed by atoms with Crippen molar-refractivity contribution in [2.24, 2.45) is 0 Å². The number of likely N-dealkylation sites (tertiary alicyclic amines) is 1. The number of hydrogen-bond donors (Lipinski definition) is 1. The molecule has 0 spiro atoms. The molecule has 1 N–H and O–H groups in total. The average molecular weight is 614 g/mol. The Bertz CT molecular complexity index is 1860. The third-order valence-electron chi connectivity index (χ3n) is 7.58. The zero-order chi connectivity index (χ0) is 31.7. The lowest BCUT2D eigenvalue weighted by Gasteiger charge is -2.35. The molecule has 1 aliphatic rings. The standard InChI is InChI=1S/C33H36FN7O4/c1-5-23-30-24(37-31(42)26-18-35-28-13-6-7-16-40(26)28)11-9-12-25(30)41(38-23)19-21-10-8-14-29(36-21)44-27-15-17-39(20-22(27)34)32(43)45-33(2,3)4/h6-14,16,18,22,27H,5,15,17,19-20H2,1-4H3,(H,37,42). The second kappa shape index (κ2) is 12.2. The lowest BCUT2D eigenvalue weighted by molar-refractivity contribution is -0.0115. The van der Waals surface area contributed by atoms with Crippen LogP contribution in [0.5, 0.6) is 5.88 Å². The number of halogens is 1. The summed E-state index contributed by atoms with van der Waals surface area (Å²) in [4.78, 5) is 36.0. The van der Waals surface area contributed by atoms with Crippen molar-refractivity contribution >= 4 is 34.2 Å². The van der Waals surface area contributed by atoms with Crippen molar-refractivity contribution in [3.05, 3.63) is 84.1 Å². The molecular formula is C33H36FN7O4. The number of alkyl halides is 1. The number of carbonyl (C=O) groups excluding carboxylic acids is 2. The van der Waals surface area contributed by atoms with Gasteiger partial charge in [0.2, 0.25) is 5.88 Å². The molecule has 6 rings (SSSR count).